The van der Waals surface area contributed by atoms with Gasteiger partial charge in [0.15, 0.2) is 0 Å². The van der Waals surface area contributed by atoms with Crippen LogP contribution in [0, 0.1) is 0 Å². The summed E-state index contributed by atoms with van der Waals surface area (Å²) in [6.45, 7) is 1.90. The lowest BCUT2D eigenvalue weighted by Crippen LogP contribution is -2.51. The largest absolute Gasteiger partial charge is 0.399 e. The second-order valence-electron chi connectivity index (χ2n) is 6.19. The average Bonchev–Trinajstić information content (AvgIpc) is 2.37. The minimum absolute atomic E-state index is 0.229. The molecule has 0 aromatic heterocycles. The lowest BCUT2D eigenvalue weighted by Gasteiger charge is -2.49. The van der Waals surface area contributed by atoms with Gasteiger partial charge in [-0.3, -0.25) is 4.90 Å². The van der Waals surface area contributed by atoms with Gasteiger partial charge >= 0.3 is 0 Å². The Morgan fingerprint density at radius 1 is 1.42 bits per heavy atom. The highest BCUT2D eigenvalue weighted by atomic mass is 16.5. The Morgan fingerprint density at radius 2 is 2.26 bits per heavy atom. The van der Waals surface area contributed by atoms with E-state index < -0.39 is 0 Å². The molecular weight excluding hydrogens is 236 g/mol. The first-order valence-corrected chi connectivity index (χ1v) is 7.36. The van der Waals surface area contributed by atoms with Crippen LogP contribution in [0.25, 0.3) is 0 Å². The molecule has 0 bridgehead atoms. The van der Waals surface area contributed by atoms with E-state index in [1.807, 2.05) is 12.1 Å². The third-order valence-corrected chi connectivity index (χ3v) is 4.74. The maximum absolute atomic E-state index is 6.00. The maximum atomic E-state index is 6.00. The van der Waals surface area contributed by atoms with E-state index in [9.17, 15) is 0 Å². The number of rotatable bonds is 3. The highest BCUT2D eigenvalue weighted by molar-refractivity contribution is 5.40. The number of hydrogen-bond acceptors (Lipinski definition) is 3. The minimum Gasteiger partial charge on any atom is -0.399 e. The third-order valence-electron chi connectivity index (χ3n) is 4.74. The van der Waals surface area contributed by atoms with Crippen LogP contribution in [0.3, 0.4) is 0 Å². The molecule has 19 heavy (non-hydrogen) atoms. The number of nitrogen functional groups attached to an aromatic ring is 1. The third kappa shape index (κ3) is 2.77. The van der Waals surface area contributed by atoms with Crippen molar-refractivity contribution in [2.45, 2.75) is 50.3 Å². The van der Waals surface area contributed by atoms with E-state index in [2.05, 4.69) is 24.1 Å². The number of anilines is 1. The summed E-state index contributed by atoms with van der Waals surface area (Å²) in [4.78, 5) is 2.47. The molecule has 1 aliphatic carbocycles. The Hall–Kier alpha value is -1.06. The van der Waals surface area contributed by atoms with Crippen molar-refractivity contribution in [1.29, 1.82) is 0 Å². The summed E-state index contributed by atoms with van der Waals surface area (Å²) < 4.78 is 6.00. The van der Waals surface area contributed by atoms with Gasteiger partial charge in [-0.05, 0) is 56.8 Å². The van der Waals surface area contributed by atoms with Crippen molar-refractivity contribution in [3.63, 3.8) is 0 Å². The molecule has 1 saturated carbocycles. The molecule has 1 atom stereocenters. The molecule has 2 aliphatic rings. The Balaban J connectivity index is 1.62. The van der Waals surface area contributed by atoms with E-state index in [1.54, 1.807) is 0 Å². The zero-order valence-electron chi connectivity index (χ0n) is 11.8. The molecule has 3 nitrogen and oxygen atoms in total. The number of nitrogens with zero attached hydrogens (tertiary/aromatic N) is 1. The van der Waals surface area contributed by atoms with Gasteiger partial charge in [0.1, 0.15) is 0 Å². The minimum atomic E-state index is 0.229. The van der Waals surface area contributed by atoms with E-state index in [0.717, 1.165) is 25.3 Å². The molecule has 3 heteroatoms. The molecule has 1 aromatic rings. The molecule has 1 spiro atoms. The molecule has 1 saturated heterocycles. The molecule has 1 aromatic carbocycles. The first-order chi connectivity index (χ1) is 9.17. The van der Waals surface area contributed by atoms with Gasteiger partial charge in [0.25, 0.3) is 0 Å². The Labute approximate surface area is 115 Å². The predicted octanol–water partition coefficient (Wildman–Crippen LogP) is 2.80. The van der Waals surface area contributed by atoms with Gasteiger partial charge in [-0.15, -0.1) is 0 Å². The van der Waals surface area contributed by atoms with Gasteiger partial charge in [-0.2, -0.15) is 0 Å². The molecule has 3 rings (SSSR count). The summed E-state index contributed by atoms with van der Waals surface area (Å²) in [6, 6.07) is 8.87. The fourth-order valence-electron chi connectivity index (χ4n) is 3.41. The highest BCUT2D eigenvalue weighted by Crippen LogP contribution is 2.43. The summed E-state index contributed by atoms with van der Waals surface area (Å²) in [7, 11) is 2.23. The van der Waals surface area contributed by atoms with Crippen molar-refractivity contribution in [3.8, 4) is 0 Å². The van der Waals surface area contributed by atoms with Crippen LogP contribution in [0.15, 0.2) is 24.3 Å². The highest BCUT2D eigenvalue weighted by Gasteiger charge is 2.43. The van der Waals surface area contributed by atoms with Crippen molar-refractivity contribution < 1.29 is 4.74 Å². The van der Waals surface area contributed by atoms with Crippen molar-refractivity contribution >= 4 is 5.69 Å². The van der Waals surface area contributed by atoms with E-state index >= 15 is 0 Å². The van der Waals surface area contributed by atoms with Crippen LogP contribution in [-0.2, 0) is 11.3 Å². The van der Waals surface area contributed by atoms with Gasteiger partial charge < -0.3 is 10.5 Å². The quantitative estimate of drug-likeness (QED) is 0.849. The first-order valence-electron chi connectivity index (χ1n) is 7.36. The van der Waals surface area contributed by atoms with Gasteiger partial charge in [0.2, 0.25) is 0 Å². The number of nitrogens with two attached hydrogens (primary N) is 1. The second-order valence-corrected chi connectivity index (χ2v) is 6.19. The lowest BCUT2D eigenvalue weighted by molar-refractivity contribution is -0.147. The Morgan fingerprint density at radius 3 is 2.95 bits per heavy atom. The molecule has 0 amide bonds. The van der Waals surface area contributed by atoms with Crippen LogP contribution in [-0.4, -0.2) is 30.2 Å². The Kier molecular flexibility index (Phi) is 3.50. The van der Waals surface area contributed by atoms with E-state index in [4.69, 9.17) is 10.5 Å². The maximum Gasteiger partial charge on any atom is 0.0697 e. The summed E-state index contributed by atoms with van der Waals surface area (Å²) in [5.41, 5.74) is 8.23. The summed E-state index contributed by atoms with van der Waals surface area (Å²) in [5, 5.41) is 0. The van der Waals surface area contributed by atoms with E-state index in [0.29, 0.717) is 6.04 Å². The van der Waals surface area contributed by atoms with Crippen molar-refractivity contribution in [3.05, 3.63) is 29.8 Å². The van der Waals surface area contributed by atoms with Crippen LogP contribution in [0.2, 0.25) is 0 Å². The standard InChI is InChI=1S/C16H24N2O/c1-18(12-13-4-2-5-14(17)10-13)15-6-9-19-16(11-15)7-3-8-16/h2,4-5,10,15H,3,6-9,11-12,17H2,1H3. The molecule has 1 aliphatic heterocycles. The normalized spacial score (nSPS) is 25.5. The van der Waals surface area contributed by atoms with Crippen LogP contribution < -0.4 is 5.73 Å². The molecule has 2 N–H and O–H groups in total. The summed E-state index contributed by atoms with van der Waals surface area (Å²) >= 11 is 0. The van der Waals surface area contributed by atoms with E-state index in [-0.39, 0.29) is 5.60 Å². The fraction of sp³-hybridized carbons (Fsp3) is 0.625. The van der Waals surface area contributed by atoms with Gasteiger partial charge in [0, 0.05) is 24.9 Å². The van der Waals surface area contributed by atoms with Crippen LogP contribution in [0.4, 0.5) is 5.69 Å². The molecule has 0 radical (unpaired) electrons. The number of ether oxygens (including phenoxy) is 1. The zero-order chi connectivity index (χ0) is 13.3. The van der Waals surface area contributed by atoms with Crippen LogP contribution in [0.1, 0.15) is 37.7 Å². The summed E-state index contributed by atoms with van der Waals surface area (Å²) in [6.07, 6.45) is 6.21. The van der Waals surface area contributed by atoms with Crippen LogP contribution in [0.5, 0.6) is 0 Å². The number of hydrogen-bond donors (Lipinski definition) is 1. The summed E-state index contributed by atoms with van der Waals surface area (Å²) in [5.74, 6) is 0. The van der Waals surface area contributed by atoms with Gasteiger partial charge in [-0.25, -0.2) is 0 Å². The Bertz CT molecular complexity index is 442. The average molecular weight is 260 g/mol. The smallest absolute Gasteiger partial charge is 0.0697 e. The lowest BCUT2D eigenvalue weighted by atomic mass is 9.73. The van der Waals surface area contributed by atoms with Gasteiger partial charge in [-0.1, -0.05) is 12.1 Å². The monoisotopic (exact) mass is 260 g/mol. The van der Waals surface area contributed by atoms with Gasteiger partial charge in [0.05, 0.1) is 5.60 Å². The molecule has 1 heterocycles. The predicted molar refractivity (Wildman–Crippen MR) is 77.9 cm³/mol. The topological polar surface area (TPSA) is 38.5 Å². The fourth-order valence-corrected chi connectivity index (χ4v) is 3.41. The van der Waals surface area contributed by atoms with Crippen molar-refractivity contribution in [2.24, 2.45) is 0 Å². The molecule has 2 fully saturated rings. The first kappa shape index (κ1) is 12.9. The SMILES string of the molecule is CN(Cc1cccc(N)c1)C1CCOC2(CCC2)C1. The van der Waals surface area contributed by atoms with Crippen molar-refractivity contribution in [1.82, 2.24) is 4.90 Å². The molecular formula is C16H24N2O. The second kappa shape index (κ2) is 5.14. The van der Waals surface area contributed by atoms with E-state index in [1.165, 1.54) is 31.2 Å². The molecule has 1 unspecified atom stereocenters. The zero-order valence-corrected chi connectivity index (χ0v) is 11.8. The molecule has 104 valence electrons. The van der Waals surface area contributed by atoms with Crippen molar-refractivity contribution in [2.75, 3.05) is 19.4 Å². The number of benzene rings is 1. The van der Waals surface area contributed by atoms with Crippen LogP contribution >= 0.6 is 0 Å².